The van der Waals surface area contributed by atoms with Gasteiger partial charge in [0.2, 0.25) is 0 Å². The fourth-order valence-corrected chi connectivity index (χ4v) is 4.58. The number of hydrogen-bond acceptors (Lipinski definition) is 3. The van der Waals surface area contributed by atoms with Gasteiger partial charge in [0.15, 0.2) is 0 Å². The van der Waals surface area contributed by atoms with Gasteiger partial charge in [0, 0.05) is 22.4 Å². The third-order valence-electron chi connectivity index (χ3n) is 4.66. The zero-order valence-corrected chi connectivity index (χ0v) is 15.2. The molecule has 126 valence electrons. The maximum atomic E-state index is 13.2. The van der Waals surface area contributed by atoms with E-state index in [0.717, 1.165) is 46.7 Å². The van der Waals surface area contributed by atoms with Crippen molar-refractivity contribution in [1.29, 1.82) is 0 Å². The lowest BCUT2D eigenvalue weighted by molar-refractivity contribution is 0.622. The number of halogens is 1. The molecule has 0 N–H and O–H groups in total. The van der Waals surface area contributed by atoms with E-state index in [1.54, 1.807) is 17.4 Å². The minimum atomic E-state index is -0.315. The summed E-state index contributed by atoms with van der Waals surface area (Å²) in [4.78, 5) is 10.5. The predicted molar refractivity (Wildman–Crippen MR) is 101 cm³/mol. The van der Waals surface area contributed by atoms with Crippen LogP contribution in [0, 0.1) is 12.7 Å². The van der Waals surface area contributed by atoms with Crippen molar-refractivity contribution >= 4 is 11.3 Å². The molecule has 1 aliphatic carbocycles. The molecular formula is C21H19FN2S. The van der Waals surface area contributed by atoms with E-state index in [0.29, 0.717) is 0 Å². The van der Waals surface area contributed by atoms with Crippen molar-refractivity contribution in [2.75, 3.05) is 0 Å². The van der Waals surface area contributed by atoms with Gasteiger partial charge in [-0.15, -0.1) is 11.3 Å². The zero-order valence-electron chi connectivity index (χ0n) is 14.3. The minimum absolute atomic E-state index is 0.315. The molecular weight excluding hydrogens is 331 g/mol. The summed E-state index contributed by atoms with van der Waals surface area (Å²) >= 11 is 1.79. The summed E-state index contributed by atoms with van der Waals surface area (Å²) in [5.74, 6) is -0.315. The number of allylic oxidation sites excluding steroid dienone is 2. The van der Waals surface area contributed by atoms with Gasteiger partial charge < -0.3 is 0 Å². The number of nitrogens with zero attached hydrogens (tertiary/aromatic N) is 2. The Morgan fingerprint density at radius 2 is 1.92 bits per heavy atom. The van der Waals surface area contributed by atoms with Crippen LogP contribution < -0.4 is 0 Å². The van der Waals surface area contributed by atoms with Crippen molar-refractivity contribution < 1.29 is 4.39 Å². The van der Waals surface area contributed by atoms with Crippen molar-refractivity contribution in [2.24, 2.45) is 0 Å². The third-order valence-corrected chi connectivity index (χ3v) is 5.79. The first-order valence-electron chi connectivity index (χ1n) is 8.48. The van der Waals surface area contributed by atoms with E-state index in [1.807, 2.05) is 12.1 Å². The Hall–Kier alpha value is -2.33. The molecule has 0 saturated heterocycles. The van der Waals surface area contributed by atoms with E-state index < -0.39 is 0 Å². The first-order chi connectivity index (χ1) is 12.1. The van der Waals surface area contributed by atoms with Gasteiger partial charge in [-0.25, -0.2) is 9.37 Å². The lowest BCUT2D eigenvalue weighted by Gasteiger charge is -2.09. The fraction of sp³-hybridized carbons (Fsp3) is 0.238. The van der Waals surface area contributed by atoms with Crippen LogP contribution in [0.15, 0.2) is 48.2 Å². The maximum Gasteiger partial charge on any atom is 0.141 e. The molecule has 25 heavy (non-hydrogen) atoms. The van der Waals surface area contributed by atoms with Gasteiger partial charge in [-0.3, -0.25) is 4.98 Å². The molecule has 0 atom stereocenters. The van der Waals surface area contributed by atoms with Crippen LogP contribution in [0.5, 0.6) is 0 Å². The normalized spacial score (nSPS) is 14.0. The van der Waals surface area contributed by atoms with Crippen LogP contribution in [0.25, 0.3) is 21.8 Å². The Labute approximate surface area is 151 Å². The van der Waals surface area contributed by atoms with Crippen molar-refractivity contribution in [2.45, 2.75) is 33.1 Å². The summed E-state index contributed by atoms with van der Waals surface area (Å²) in [6.45, 7) is 4.29. The molecule has 0 radical (unpaired) electrons. The summed E-state index contributed by atoms with van der Waals surface area (Å²) in [6, 6.07) is 9.36. The van der Waals surface area contributed by atoms with Crippen LogP contribution in [0.2, 0.25) is 0 Å². The van der Waals surface area contributed by atoms with Crippen molar-refractivity contribution in [1.82, 2.24) is 9.97 Å². The maximum absolute atomic E-state index is 13.2. The molecule has 0 spiro atoms. The molecule has 0 fully saturated rings. The molecule has 0 saturated carbocycles. The first kappa shape index (κ1) is 16.2. The van der Waals surface area contributed by atoms with Crippen LogP contribution >= 0.6 is 11.3 Å². The van der Waals surface area contributed by atoms with Crippen molar-refractivity contribution in [3.8, 4) is 21.8 Å². The van der Waals surface area contributed by atoms with Crippen LogP contribution in [-0.2, 0) is 12.8 Å². The monoisotopic (exact) mass is 350 g/mol. The standard InChI is InChI=1S/C21H19FN2S/c1-13-5-3-8-19-20(11-13)25-21(24-19)17-7-4-6-16(14(17)2)18-10-9-15(22)12-23-18/h4-7,9-10,12H,3,8,11H2,1-2H3. The second-order valence-corrected chi connectivity index (χ2v) is 7.58. The number of benzene rings is 1. The SMILES string of the molecule is CC1=CCCc2nc(-c3cccc(-c4ccc(F)cn4)c3C)sc2C1. The number of hydrogen-bond donors (Lipinski definition) is 0. The van der Waals surface area contributed by atoms with E-state index in [4.69, 9.17) is 4.98 Å². The van der Waals surface area contributed by atoms with Crippen molar-refractivity contribution in [3.63, 3.8) is 0 Å². The number of fused-ring (bicyclic) bond motifs is 1. The Balaban J connectivity index is 1.77. The van der Waals surface area contributed by atoms with Gasteiger partial charge in [-0.2, -0.15) is 0 Å². The quantitative estimate of drug-likeness (QED) is 0.550. The Morgan fingerprint density at radius 1 is 1.08 bits per heavy atom. The predicted octanol–water partition coefficient (Wildman–Crippen LogP) is 5.75. The van der Waals surface area contributed by atoms with Gasteiger partial charge in [-0.05, 0) is 44.4 Å². The Bertz CT molecular complexity index is 955. The Morgan fingerprint density at radius 3 is 2.72 bits per heavy atom. The largest absolute Gasteiger partial charge is 0.253 e. The molecule has 3 aromatic rings. The lowest BCUT2D eigenvalue weighted by atomic mass is 10.00. The van der Waals surface area contributed by atoms with E-state index in [2.05, 4.69) is 31.0 Å². The highest BCUT2D eigenvalue weighted by Gasteiger charge is 2.17. The molecule has 2 heterocycles. The van der Waals surface area contributed by atoms with E-state index in [9.17, 15) is 4.39 Å². The van der Waals surface area contributed by atoms with Crippen LogP contribution in [-0.4, -0.2) is 9.97 Å². The number of aryl methyl sites for hydroxylation is 1. The molecule has 2 nitrogen and oxygen atoms in total. The van der Waals surface area contributed by atoms with Crippen LogP contribution in [0.3, 0.4) is 0 Å². The zero-order chi connectivity index (χ0) is 17.4. The summed E-state index contributed by atoms with van der Waals surface area (Å²) in [7, 11) is 0. The molecule has 0 amide bonds. The summed E-state index contributed by atoms with van der Waals surface area (Å²) in [6.07, 6.45) is 6.68. The molecule has 0 bridgehead atoms. The summed E-state index contributed by atoms with van der Waals surface area (Å²) < 4.78 is 13.2. The second-order valence-electron chi connectivity index (χ2n) is 6.49. The fourth-order valence-electron chi connectivity index (χ4n) is 3.29. The topological polar surface area (TPSA) is 25.8 Å². The van der Waals surface area contributed by atoms with Crippen LogP contribution in [0.1, 0.15) is 29.5 Å². The second kappa shape index (κ2) is 6.52. The molecule has 4 rings (SSSR count). The van der Waals surface area contributed by atoms with E-state index in [-0.39, 0.29) is 5.82 Å². The van der Waals surface area contributed by atoms with Crippen LogP contribution in [0.4, 0.5) is 4.39 Å². The lowest BCUT2D eigenvalue weighted by Crippen LogP contribution is -1.91. The smallest absolute Gasteiger partial charge is 0.141 e. The highest BCUT2D eigenvalue weighted by Crippen LogP contribution is 2.36. The van der Waals surface area contributed by atoms with E-state index >= 15 is 0 Å². The molecule has 0 aliphatic heterocycles. The summed E-state index contributed by atoms with van der Waals surface area (Å²) in [5.41, 5.74) is 6.76. The van der Waals surface area contributed by atoms with Gasteiger partial charge in [0.1, 0.15) is 10.8 Å². The third kappa shape index (κ3) is 3.14. The average molecular weight is 350 g/mol. The highest BCUT2D eigenvalue weighted by molar-refractivity contribution is 7.15. The molecule has 4 heteroatoms. The number of rotatable bonds is 2. The van der Waals surface area contributed by atoms with Gasteiger partial charge >= 0.3 is 0 Å². The first-order valence-corrected chi connectivity index (χ1v) is 9.29. The van der Waals surface area contributed by atoms with Gasteiger partial charge in [0.05, 0.1) is 17.6 Å². The van der Waals surface area contributed by atoms with E-state index in [1.165, 1.54) is 28.4 Å². The van der Waals surface area contributed by atoms with Gasteiger partial charge in [0.25, 0.3) is 0 Å². The molecule has 0 unspecified atom stereocenters. The number of aromatic nitrogens is 2. The van der Waals surface area contributed by atoms with Gasteiger partial charge in [-0.1, -0.05) is 29.8 Å². The summed E-state index contributed by atoms with van der Waals surface area (Å²) in [5, 5.41) is 1.07. The number of pyridine rings is 1. The molecule has 1 aromatic carbocycles. The minimum Gasteiger partial charge on any atom is -0.253 e. The average Bonchev–Trinajstić information content (AvgIpc) is 2.90. The molecule has 1 aliphatic rings. The number of thiazole rings is 1. The Kier molecular flexibility index (Phi) is 4.22. The molecule has 2 aromatic heterocycles. The highest BCUT2D eigenvalue weighted by atomic mass is 32.1. The van der Waals surface area contributed by atoms with Crippen molar-refractivity contribution in [3.05, 3.63) is 70.1 Å².